The SMILES string of the molecule is Cc1sc(C(=O)NCC(C)C(C)(C)C)cc1S(=O)(=O)Cl. The molecular formula is C13H20ClNO3S2. The minimum Gasteiger partial charge on any atom is -0.351 e. The molecule has 1 amide bonds. The number of carbonyl (C=O) groups excluding carboxylic acids is 1. The Morgan fingerprint density at radius 3 is 2.40 bits per heavy atom. The number of nitrogens with one attached hydrogen (secondary N) is 1. The molecule has 20 heavy (non-hydrogen) atoms. The number of carbonyl (C=O) groups is 1. The Morgan fingerprint density at radius 1 is 1.45 bits per heavy atom. The zero-order valence-electron chi connectivity index (χ0n) is 12.3. The van der Waals surface area contributed by atoms with Crippen LogP contribution in [0, 0.1) is 18.3 Å². The Morgan fingerprint density at radius 2 is 2.00 bits per heavy atom. The van der Waals surface area contributed by atoms with Gasteiger partial charge in [0.1, 0.15) is 0 Å². The molecule has 0 aliphatic heterocycles. The summed E-state index contributed by atoms with van der Waals surface area (Å²) in [6, 6.07) is 1.33. The zero-order chi connectivity index (χ0) is 15.7. The standard InChI is InChI=1S/C13H20ClNO3S2/c1-8(13(3,4)5)7-15-12(16)10-6-11(9(2)19-10)20(14,17)18/h6,8H,7H2,1-5H3,(H,15,16). The van der Waals surface area contributed by atoms with Crippen LogP contribution in [0.3, 0.4) is 0 Å². The van der Waals surface area contributed by atoms with E-state index < -0.39 is 9.05 Å². The van der Waals surface area contributed by atoms with Crippen LogP contribution in [-0.2, 0) is 9.05 Å². The third-order valence-electron chi connectivity index (χ3n) is 3.41. The monoisotopic (exact) mass is 337 g/mol. The number of amides is 1. The highest BCUT2D eigenvalue weighted by molar-refractivity contribution is 8.13. The van der Waals surface area contributed by atoms with Gasteiger partial charge in [-0.15, -0.1) is 11.3 Å². The van der Waals surface area contributed by atoms with Gasteiger partial charge in [0.25, 0.3) is 15.0 Å². The van der Waals surface area contributed by atoms with Crippen LogP contribution in [0.15, 0.2) is 11.0 Å². The smallest absolute Gasteiger partial charge is 0.262 e. The number of rotatable bonds is 4. The number of aryl methyl sites for hydroxylation is 1. The van der Waals surface area contributed by atoms with Gasteiger partial charge in [-0.3, -0.25) is 4.79 Å². The Balaban J connectivity index is 2.80. The second-order valence-corrected chi connectivity index (χ2v) is 9.74. The van der Waals surface area contributed by atoms with Gasteiger partial charge in [-0.1, -0.05) is 27.7 Å². The van der Waals surface area contributed by atoms with Gasteiger partial charge in [-0.2, -0.15) is 0 Å². The molecule has 4 nitrogen and oxygen atoms in total. The van der Waals surface area contributed by atoms with Crippen LogP contribution in [0.25, 0.3) is 0 Å². The van der Waals surface area contributed by atoms with E-state index in [2.05, 4.69) is 33.0 Å². The van der Waals surface area contributed by atoms with Crippen LogP contribution in [-0.4, -0.2) is 20.9 Å². The lowest BCUT2D eigenvalue weighted by Crippen LogP contribution is -2.33. The van der Waals surface area contributed by atoms with Crippen LogP contribution >= 0.6 is 22.0 Å². The van der Waals surface area contributed by atoms with Crippen molar-refractivity contribution in [2.75, 3.05) is 6.54 Å². The first-order valence-electron chi connectivity index (χ1n) is 6.26. The van der Waals surface area contributed by atoms with E-state index in [1.54, 1.807) is 6.92 Å². The fourth-order valence-corrected chi connectivity index (χ4v) is 4.04. The third kappa shape index (κ3) is 4.46. The van der Waals surface area contributed by atoms with Gasteiger partial charge in [0.2, 0.25) is 0 Å². The van der Waals surface area contributed by atoms with Crippen molar-refractivity contribution in [3.8, 4) is 0 Å². The van der Waals surface area contributed by atoms with Crippen LogP contribution in [0.1, 0.15) is 42.2 Å². The molecule has 7 heteroatoms. The van der Waals surface area contributed by atoms with E-state index in [-0.39, 0.29) is 16.2 Å². The Labute approximate surface area is 129 Å². The van der Waals surface area contributed by atoms with E-state index in [0.717, 1.165) is 11.3 Å². The van der Waals surface area contributed by atoms with E-state index in [1.807, 2.05) is 0 Å². The molecule has 0 aliphatic rings. The molecule has 0 radical (unpaired) electrons. The number of halogens is 1. The second-order valence-electron chi connectivity index (χ2n) is 5.95. The number of hydrogen-bond acceptors (Lipinski definition) is 4. The van der Waals surface area contributed by atoms with Crippen molar-refractivity contribution in [3.63, 3.8) is 0 Å². The van der Waals surface area contributed by atoms with Crippen LogP contribution in [0.4, 0.5) is 0 Å². The maximum Gasteiger partial charge on any atom is 0.262 e. The predicted octanol–water partition coefficient (Wildman–Crippen LogP) is 3.40. The van der Waals surface area contributed by atoms with Crippen molar-refractivity contribution in [2.45, 2.75) is 39.5 Å². The maximum atomic E-state index is 12.0. The normalized spacial score (nSPS) is 14.1. The molecule has 1 heterocycles. The fourth-order valence-electron chi connectivity index (χ4n) is 1.46. The Bertz CT molecular complexity index is 600. The lowest BCUT2D eigenvalue weighted by Gasteiger charge is -2.27. The van der Waals surface area contributed by atoms with Crippen molar-refractivity contribution < 1.29 is 13.2 Å². The van der Waals surface area contributed by atoms with Gasteiger partial charge in [0.05, 0.1) is 9.77 Å². The molecule has 114 valence electrons. The predicted molar refractivity (Wildman–Crippen MR) is 83.0 cm³/mol. The van der Waals surface area contributed by atoms with Gasteiger partial charge in [-0.05, 0) is 24.3 Å². The molecule has 0 saturated carbocycles. The molecule has 0 spiro atoms. The summed E-state index contributed by atoms with van der Waals surface area (Å²) in [5, 5.41) is 2.83. The van der Waals surface area contributed by atoms with Crippen LogP contribution in [0.2, 0.25) is 0 Å². The average molecular weight is 338 g/mol. The highest BCUT2D eigenvalue weighted by atomic mass is 35.7. The fraction of sp³-hybridized carbons (Fsp3) is 0.615. The first-order chi connectivity index (χ1) is 8.93. The first-order valence-corrected chi connectivity index (χ1v) is 9.39. The summed E-state index contributed by atoms with van der Waals surface area (Å²) in [6.07, 6.45) is 0. The van der Waals surface area contributed by atoms with Crippen molar-refractivity contribution in [1.82, 2.24) is 5.32 Å². The lowest BCUT2D eigenvalue weighted by molar-refractivity contribution is 0.0941. The van der Waals surface area contributed by atoms with Gasteiger partial charge in [-0.25, -0.2) is 8.42 Å². The minimum absolute atomic E-state index is 0.0122. The second kappa shape index (κ2) is 6.03. The summed E-state index contributed by atoms with van der Waals surface area (Å²) in [7, 11) is 1.52. The summed E-state index contributed by atoms with van der Waals surface area (Å²) >= 11 is 1.13. The molecule has 1 aromatic heterocycles. The average Bonchev–Trinajstić information content (AvgIpc) is 2.66. The van der Waals surface area contributed by atoms with Crippen LogP contribution < -0.4 is 5.32 Å². The number of hydrogen-bond donors (Lipinski definition) is 1. The molecule has 0 saturated heterocycles. The van der Waals surface area contributed by atoms with E-state index in [9.17, 15) is 13.2 Å². The largest absolute Gasteiger partial charge is 0.351 e. The molecule has 0 aromatic carbocycles. The molecule has 1 aromatic rings. The quantitative estimate of drug-likeness (QED) is 0.856. The molecule has 1 N–H and O–H groups in total. The van der Waals surface area contributed by atoms with E-state index in [4.69, 9.17) is 10.7 Å². The van der Waals surface area contributed by atoms with Gasteiger partial charge in [0, 0.05) is 22.1 Å². The summed E-state index contributed by atoms with van der Waals surface area (Å²) < 4.78 is 22.7. The summed E-state index contributed by atoms with van der Waals surface area (Å²) in [4.78, 5) is 12.9. The molecule has 0 aliphatic carbocycles. The maximum absolute atomic E-state index is 12.0. The van der Waals surface area contributed by atoms with E-state index >= 15 is 0 Å². The van der Waals surface area contributed by atoms with Crippen molar-refractivity contribution in [2.24, 2.45) is 11.3 Å². The van der Waals surface area contributed by atoms with Crippen molar-refractivity contribution in [1.29, 1.82) is 0 Å². The zero-order valence-corrected chi connectivity index (χ0v) is 14.7. The summed E-state index contributed by atoms with van der Waals surface area (Å²) in [5.74, 6) is 0.0458. The van der Waals surface area contributed by atoms with Crippen molar-refractivity contribution in [3.05, 3.63) is 15.8 Å². The topological polar surface area (TPSA) is 63.2 Å². The molecule has 0 bridgehead atoms. The number of thiophene rings is 1. The molecule has 1 rings (SSSR count). The molecular weight excluding hydrogens is 318 g/mol. The van der Waals surface area contributed by atoms with E-state index in [0.29, 0.717) is 22.2 Å². The van der Waals surface area contributed by atoms with Crippen LogP contribution in [0.5, 0.6) is 0 Å². The summed E-state index contributed by atoms with van der Waals surface area (Å²) in [5.41, 5.74) is 0.100. The Hall–Kier alpha value is -0.590. The highest BCUT2D eigenvalue weighted by Crippen LogP contribution is 2.28. The van der Waals surface area contributed by atoms with Gasteiger partial charge >= 0.3 is 0 Å². The van der Waals surface area contributed by atoms with Gasteiger partial charge in [0.15, 0.2) is 0 Å². The third-order valence-corrected chi connectivity index (χ3v) is 6.03. The first kappa shape index (κ1) is 17.5. The molecule has 1 unspecified atom stereocenters. The van der Waals surface area contributed by atoms with Crippen molar-refractivity contribution >= 4 is 37.0 Å². The Kier molecular flexibility index (Phi) is 5.27. The highest BCUT2D eigenvalue weighted by Gasteiger charge is 2.23. The molecule has 0 fully saturated rings. The van der Waals surface area contributed by atoms with E-state index in [1.165, 1.54) is 6.07 Å². The lowest BCUT2D eigenvalue weighted by atomic mass is 9.82. The molecule has 1 atom stereocenters. The summed E-state index contributed by atoms with van der Waals surface area (Å²) in [6.45, 7) is 10.6. The van der Waals surface area contributed by atoms with Gasteiger partial charge < -0.3 is 5.32 Å². The minimum atomic E-state index is -3.80.